The van der Waals surface area contributed by atoms with Gasteiger partial charge < -0.3 is 10.0 Å². The third-order valence-electron chi connectivity index (χ3n) is 5.32. The van der Waals surface area contributed by atoms with Crippen molar-refractivity contribution in [2.45, 2.75) is 20.4 Å². The third-order valence-corrected chi connectivity index (χ3v) is 6.96. The van der Waals surface area contributed by atoms with Gasteiger partial charge in [0.05, 0.1) is 0 Å². The van der Waals surface area contributed by atoms with E-state index in [9.17, 15) is 5.11 Å². The third kappa shape index (κ3) is 7.09. The SMILES string of the molecule is Cc1cccc(Pc2c(C)cccc2CN(c2ccccc2)c2ccccc2)c1O.[Cl][Ti][Cl]. The van der Waals surface area contributed by atoms with Gasteiger partial charge in [0.1, 0.15) is 5.75 Å². The second-order valence-electron chi connectivity index (χ2n) is 7.53. The summed E-state index contributed by atoms with van der Waals surface area (Å²) in [7, 11) is 10.2. The fourth-order valence-electron chi connectivity index (χ4n) is 3.65. The van der Waals surface area contributed by atoms with Gasteiger partial charge in [-0.25, -0.2) is 0 Å². The topological polar surface area (TPSA) is 23.5 Å². The van der Waals surface area contributed by atoms with Crippen molar-refractivity contribution in [3.8, 4) is 5.75 Å². The predicted molar refractivity (Wildman–Crippen MR) is 142 cm³/mol. The molecule has 4 aromatic carbocycles. The van der Waals surface area contributed by atoms with Crippen LogP contribution in [0.3, 0.4) is 0 Å². The molecule has 0 aliphatic rings. The number of para-hydroxylation sites is 3. The fraction of sp³-hybridized carbons (Fsp3) is 0.111. The van der Waals surface area contributed by atoms with Crippen molar-refractivity contribution in [2.24, 2.45) is 0 Å². The summed E-state index contributed by atoms with van der Waals surface area (Å²) in [5.41, 5.74) is 5.79. The number of phenols is 1. The Balaban J connectivity index is 0.000000968. The number of benzene rings is 4. The molecule has 168 valence electrons. The van der Waals surface area contributed by atoms with Crippen molar-refractivity contribution in [1.29, 1.82) is 0 Å². The van der Waals surface area contributed by atoms with Gasteiger partial charge in [0, 0.05) is 23.2 Å². The molecule has 0 saturated carbocycles. The molecule has 4 rings (SSSR count). The first-order valence-corrected chi connectivity index (χ1v) is 15.8. The molecule has 0 heterocycles. The Hall–Kier alpha value is -1.80. The first kappa shape index (κ1) is 25.8. The standard InChI is InChI=1S/C27H26NOP.2ClH.Ti/c1-20-11-10-18-25(26(20)29)30-27-21(2)12-9-13-22(27)19-28(23-14-5-3-6-15-23)24-16-7-4-8-17-24;;;/h3-18,29-30H,19H2,1-2H3;2*1H;/q;;;+2/p-2. The Morgan fingerprint density at radius 1 is 0.727 bits per heavy atom. The average molecular weight is 530 g/mol. The summed E-state index contributed by atoms with van der Waals surface area (Å²) in [5.74, 6) is 0.410. The van der Waals surface area contributed by atoms with Crippen molar-refractivity contribution in [2.75, 3.05) is 4.90 Å². The van der Waals surface area contributed by atoms with E-state index in [-0.39, 0.29) is 0 Å². The summed E-state index contributed by atoms with van der Waals surface area (Å²) >= 11 is -0.556. The molecular formula is C27H26Cl2NOPTi. The minimum atomic E-state index is -0.556. The number of hydrogen-bond donors (Lipinski definition) is 1. The Kier molecular flexibility index (Phi) is 10.3. The number of halogens is 2. The van der Waals surface area contributed by atoms with Crippen molar-refractivity contribution < 1.29 is 22.1 Å². The second-order valence-corrected chi connectivity index (χ2v) is 11.4. The molecule has 0 aromatic heterocycles. The summed E-state index contributed by atoms with van der Waals surface area (Å²) in [6.07, 6.45) is 0. The van der Waals surface area contributed by atoms with Gasteiger partial charge >= 0.3 is 35.6 Å². The van der Waals surface area contributed by atoms with E-state index in [1.165, 1.54) is 16.4 Å². The van der Waals surface area contributed by atoms with Gasteiger partial charge in [-0.15, -0.1) is 0 Å². The molecule has 1 unspecified atom stereocenters. The number of anilines is 2. The van der Waals surface area contributed by atoms with Crippen LogP contribution in [-0.2, 0) is 23.6 Å². The number of rotatable bonds is 6. The van der Waals surface area contributed by atoms with Crippen LogP contribution < -0.4 is 15.5 Å². The van der Waals surface area contributed by atoms with Crippen LogP contribution in [0.2, 0.25) is 0 Å². The van der Waals surface area contributed by atoms with Crippen LogP contribution in [-0.4, -0.2) is 5.11 Å². The van der Waals surface area contributed by atoms with Crippen LogP contribution in [0.25, 0.3) is 0 Å². The van der Waals surface area contributed by atoms with Crippen LogP contribution >= 0.6 is 27.2 Å². The van der Waals surface area contributed by atoms with Gasteiger partial charge in [-0.1, -0.05) is 81.4 Å². The molecule has 1 N–H and O–H groups in total. The van der Waals surface area contributed by atoms with E-state index < -0.39 is 17.0 Å². The molecule has 4 aromatic rings. The van der Waals surface area contributed by atoms with E-state index in [1.807, 2.05) is 37.3 Å². The van der Waals surface area contributed by atoms with E-state index in [0.717, 1.165) is 28.8 Å². The van der Waals surface area contributed by atoms with Crippen LogP contribution in [0.4, 0.5) is 11.4 Å². The summed E-state index contributed by atoms with van der Waals surface area (Å²) in [6, 6.07) is 33.5. The Morgan fingerprint density at radius 2 is 1.24 bits per heavy atom. The van der Waals surface area contributed by atoms with Crippen molar-refractivity contribution in [3.05, 3.63) is 114 Å². The molecular weight excluding hydrogens is 504 g/mol. The molecule has 0 saturated heterocycles. The van der Waals surface area contributed by atoms with Crippen molar-refractivity contribution >= 4 is 49.2 Å². The Bertz CT molecular complexity index is 1120. The normalized spacial score (nSPS) is 10.5. The Morgan fingerprint density at radius 3 is 1.82 bits per heavy atom. The zero-order chi connectivity index (χ0) is 23.6. The molecule has 0 fully saturated rings. The summed E-state index contributed by atoms with van der Waals surface area (Å²) in [5, 5.41) is 12.9. The first-order chi connectivity index (χ1) is 16.0. The molecule has 0 bridgehead atoms. The molecule has 0 radical (unpaired) electrons. The van der Waals surface area contributed by atoms with E-state index in [1.54, 1.807) is 0 Å². The number of hydrogen-bond acceptors (Lipinski definition) is 2. The first-order valence-electron chi connectivity index (χ1n) is 10.5. The predicted octanol–water partition coefficient (Wildman–Crippen LogP) is 7.35. The van der Waals surface area contributed by atoms with Gasteiger partial charge in [-0.3, -0.25) is 0 Å². The fourth-order valence-corrected chi connectivity index (χ4v) is 5.02. The monoisotopic (exact) mass is 529 g/mol. The van der Waals surface area contributed by atoms with E-state index >= 15 is 0 Å². The second kappa shape index (κ2) is 13.2. The summed E-state index contributed by atoms with van der Waals surface area (Å²) in [6.45, 7) is 4.88. The Labute approximate surface area is 215 Å². The van der Waals surface area contributed by atoms with Crippen LogP contribution in [0.1, 0.15) is 16.7 Å². The molecule has 0 amide bonds. The zero-order valence-corrected chi connectivity index (χ0v) is 22.7. The molecule has 0 spiro atoms. The molecule has 33 heavy (non-hydrogen) atoms. The molecule has 1 atom stereocenters. The van der Waals surface area contributed by atoms with Gasteiger partial charge in [0.15, 0.2) is 0 Å². The van der Waals surface area contributed by atoms with E-state index in [2.05, 4.69) is 78.6 Å². The number of nitrogens with zero attached hydrogens (tertiary/aromatic N) is 1. The van der Waals surface area contributed by atoms with Gasteiger partial charge in [0.25, 0.3) is 0 Å². The molecule has 6 heteroatoms. The summed E-state index contributed by atoms with van der Waals surface area (Å²) < 4.78 is 0. The van der Waals surface area contributed by atoms with Crippen molar-refractivity contribution in [3.63, 3.8) is 0 Å². The average Bonchev–Trinajstić information content (AvgIpc) is 2.84. The van der Waals surface area contributed by atoms with Crippen molar-refractivity contribution in [1.82, 2.24) is 0 Å². The quantitative estimate of drug-likeness (QED) is 0.208. The van der Waals surface area contributed by atoms with E-state index in [0.29, 0.717) is 14.3 Å². The van der Waals surface area contributed by atoms with Crippen LogP contribution in [0, 0.1) is 13.8 Å². The van der Waals surface area contributed by atoms with E-state index in [4.69, 9.17) is 18.6 Å². The molecule has 2 nitrogen and oxygen atoms in total. The molecule has 0 aliphatic carbocycles. The van der Waals surface area contributed by atoms with Crippen LogP contribution in [0.5, 0.6) is 5.75 Å². The number of aryl methyl sites for hydroxylation is 2. The van der Waals surface area contributed by atoms with Gasteiger partial charge in [0.2, 0.25) is 0 Å². The minimum absolute atomic E-state index is 0.408. The van der Waals surface area contributed by atoms with Gasteiger partial charge in [-0.05, 0) is 60.1 Å². The van der Waals surface area contributed by atoms with Gasteiger partial charge in [-0.2, -0.15) is 0 Å². The number of phenolic OH excluding ortho intramolecular Hbond substituents is 1. The zero-order valence-electron chi connectivity index (χ0n) is 18.6. The number of aromatic hydroxyl groups is 1. The molecule has 0 aliphatic heterocycles. The maximum absolute atomic E-state index is 10.6. The van der Waals surface area contributed by atoms with Crippen LogP contribution in [0.15, 0.2) is 97.1 Å². The summed E-state index contributed by atoms with van der Waals surface area (Å²) in [4.78, 5) is 2.35. The maximum atomic E-state index is 10.6.